The molecular formula is C9H15N. The Morgan fingerprint density at radius 3 is 2.50 bits per heavy atom. The fourth-order valence-electron chi connectivity index (χ4n) is 1.91. The summed E-state index contributed by atoms with van der Waals surface area (Å²) in [5.74, 6) is 1.40. The van der Waals surface area contributed by atoms with Crippen LogP contribution >= 0.6 is 0 Å². The van der Waals surface area contributed by atoms with E-state index in [0.717, 1.165) is 6.42 Å². The lowest BCUT2D eigenvalue weighted by molar-refractivity contribution is 0.382. The Bertz CT molecular complexity index is 143. The number of rotatable bonds is 1. The van der Waals surface area contributed by atoms with Gasteiger partial charge in [0.15, 0.2) is 0 Å². The molecule has 0 aromatic carbocycles. The molecule has 1 rings (SSSR count). The van der Waals surface area contributed by atoms with Crippen molar-refractivity contribution >= 4 is 0 Å². The van der Waals surface area contributed by atoms with Gasteiger partial charge < -0.3 is 4.85 Å². The minimum absolute atomic E-state index is 0.347. The molecule has 1 saturated carbocycles. The first-order valence-corrected chi connectivity index (χ1v) is 4.12. The second-order valence-corrected chi connectivity index (χ2v) is 3.54. The first kappa shape index (κ1) is 7.60. The summed E-state index contributed by atoms with van der Waals surface area (Å²) in [4.78, 5) is 3.64. The van der Waals surface area contributed by atoms with Crippen molar-refractivity contribution in [1.82, 2.24) is 0 Å². The van der Waals surface area contributed by atoms with E-state index in [1.54, 1.807) is 0 Å². The third-order valence-electron chi connectivity index (χ3n) is 2.55. The summed E-state index contributed by atoms with van der Waals surface area (Å²) in [6, 6.07) is 0.347. The van der Waals surface area contributed by atoms with Gasteiger partial charge in [-0.2, -0.15) is 0 Å². The summed E-state index contributed by atoms with van der Waals surface area (Å²) in [6.45, 7) is 11.4. The number of hydrogen-bond acceptors (Lipinski definition) is 0. The third kappa shape index (κ3) is 1.31. The van der Waals surface area contributed by atoms with E-state index in [1.807, 2.05) is 0 Å². The fourth-order valence-corrected chi connectivity index (χ4v) is 1.91. The summed E-state index contributed by atoms with van der Waals surface area (Å²) in [7, 11) is 0. The van der Waals surface area contributed by atoms with Crippen molar-refractivity contribution in [1.29, 1.82) is 0 Å². The molecule has 10 heavy (non-hydrogen) atoms. The van der Waals surface area contributed by atoms with E-state index in [0.29, 0.717) is 17.9 Å². The zero-order valence-corrected chi connectivity index (χ0v) is 6.80. The summed E-state index contributed by atoms with van der Waals surface area (Å²) < 4.78 is 0. The topological polar surface area (TPSA) is 4.36 Å². The SMILES string of the molecule is [C-]#[N+]C1CCCC1C(C)C. The van der Waals surface area contributed by atoms with Crippen LogP contribution in [0.2, 0.25) is 0 Å². The van der Waals surface area contributed by atoms with Gasteiger partial charge in [-0.1, -0.05) is 13.8 Å². The van der Waals surface area contributed by atoms with Gasteiger partial charge in [-0.05, 0) is 18.8 Å². The zero-order chi connectivity index (χ0) is 7.56. The summed E-state index contributed by atoms with van der Waals surface area (Å²) in [5, 5.41) is 0. The third-order valence-corrected chi connectivity index (χ3v) is 2.55. The second-order valence-electron chi connectivity index (χ2n) is 3.54. The van der Waals surface area contributed by atoms with Gasteiger partial charge in [0.1, 0.15) is 0 Å². The molecule has 0 saturated heterocycles. The first-order valence-electron chi connectivity index (χ1n) is 4.12. The smallest absolute Gasteiger partial charge is 0.226 e. The molecule has 0 bridgehead atoms. The van der Waals surface area contributed by atoms with Crippen LogP contribution in [0.25, 0.3) is 4.85 Å². The Balaban J connectivity index is 2.52. The fraction of sp³-hybridized carbons (Fsp3) is 0.889. The average molecular weight is 137 g/mol. The van der Waals surface area contributed by atoms with Gasteiger partial charge in [-0.3, -0.25) is 0 Å². The van der Waals surface area contributed by atoms with Crippen LogP contribution < -0.4 is 0 Å². The summed E-state index contributed by atoms with van der Waals surface area (Å²) in [6.07, 6.45) is 3.70. The van der Waals surface area contributed by atoms with Gasteiger partial charge in [0, 0.05) is 12.3 Å². The van der Waals surface area contributed by atoms with Crippen LogP contribution in [0.1, 0.15) is 33.1 Å². The van der Waals surface area contributed by atoms with Gasteiger partial charge in [-0.15, -0.1) is 0 Å². The highest BCUT2D eigenvalue weighted by Gasteiger charge is 2.33. The summed E-state index contributed by atoms with van der Waals surface area (Å²) in [5.41, 5.74) is 0. The van der Waals surface area contributed by atoms with Crippen molar-refractivity contribution < 1.29 is 0 Å². The molecule has 0 amide bonds. The normalized spacial score (nSPS) is 32.6. The van der Waals surface area contributed by atoms with Gasteiger partial charge >= 0.3 is 0 Å². The van der Waals surface area contributed by atoms with Crippen molar-refractivity contribution in [2.24, 2.45) is 11.8 Å². The maximum atomic E-state index is 6.95. The molecule has 0 spiro atoms. The van der Waals surface area contributed by atoms with Crippen LogP contribution in [-0.4, -0.2) is 6.04 Å². The molecule has 0 aromatic rings. The molecule has 2 atom stereocenters. The van der Waals surface area contributed by atoms with E-state index < -0.39 is 0 Å². The quantitative estimate of drug-likeness (QED) is 0.489. The highest BCUT2D eigenvalue weighted by atomic mass is 14.7. The molecule has 1 nitrogen and oxygen atoms in total. The number of hydrogen-bond donors (Lipinski definition) is 0. The maximum absolute atomic E-state index is 6.95. The van der Waals surface area contributed by atoms with Crippen molar-refractivity contribution in [3.05, 3.63) is 11.4 Å². The van der Waals surface area contributed by atoms with Gasteiger partial charge in [0.05, 0.1) is 0 Å². The number of nitrogens with zero attached hydrogens (tertiary/aromatic N) is 1. The monoisotopic (exact) mass is 137 g/mol. The molecule has 1 aliphatic carbocycles. The minimum Gasteiger partial charge on any atom is -0.313 e. The van der Waals surface area contributed by atoms with Crippen LogP contribution in [0, 0.1) is 18.4 Å². The van der Waals surface area contributed by atoms with Gasteiger partial charge in [0.2, 0.25) is 6.04 Å². The molecule has 1 fully saturated rings. The molecule has 56 valence electrons. The Labute approximate surface area is 63.3 Å². The summed E-state index contributed by atoms with van der Waals surface area (Å²) >= 11 is 0. The lowest BCUT2D eigenvalue weighted by atomic mass is 9.91. The van der Waals surface area contributed by atoms with E-state index in [2.05, 4.69) is 18.7 Å². The lowest BCUT2D eigenvalue weighted by Gasteiger charge is -2.13. The highest BCUT2D eigenvalue weighted by Crippen LogP contribution is 2.33. The lowest BCUT2D eigenvalue weighted by Crippen LogP contribution is -2.15. The van der Waals surface area contributed by atoms with Crippen LogP contribution in [0.4, 0.5) is 0 Å². The predicted octanol–water partition coefficient (Wildman–Crippen LogP) is 2.73. The predicted molar refractivity (Wildman–Crippen MR) is 42.6 cm³/mol. The molecule has 2 unspecified atom stereocenters. The van der Waals surface area contributed by atoms with Crippen LogP contribution in [0.5, 0.6) is 0 Å². The van der Waals surface area contributed by atoms with E-state index in [-0.39, 0.29) is 0 Å². The van der Waals surface area contributed by atoms with E-state index in [1.165, 1.54) is 12.8 Å². The molecular weight excluding hydrogens is 122 g/mol. The Morgan fingerprint density at radius 2 is 2.10 bits per heavy atom. The van der Waals surface area contributed by atoms with Crippen LogP contribution in [0.15, 0.2) is 0 Å². The molecule has 1 heteroatoms. The van der Waals surface area contributed by atoms with Crippen molar-refractivity contribution in [2.75, 3.05) is 0 Å². The molecule has 0 heterocycles. The molecule has 1 aliphatic rings. The average Bonchev–Trinajstić information content (AvgIpc) is 2.33. The van der Waals surface area contributed by atoms with E-state index in [4.69, 9.17) is 6.57 Å². The van der Waals surface area contributed by atoms with Crippen molar-refractivity contribution in [3.8, 4) is 0 Å². The molecule has 0 radical (unpaired) electrons. The zero-order valence-electron chi connectivity index (χ0n) is 6.80. The van der Waals surface area contributed by atoms with E-state index >= 15 is 0 Å². The van der Waals surface area contributed by atoms with Crippen LogP contribution in [-0.2, 0) is 0 Å². The Kier molecular flexibility index (Phi) is 2.32. The van der Waals surface area contributed by atoms with Gasteiger partial charge in [-0.25, -0.2) is 6.57 Å². The van der Waals surface area contributed by atoms with Gasteiger partial charge in [0.25, 0.3) is 0 Å². The van der Waals surface area contributed by atoms with Crippen LogP contribution in [0.3, 0.4) is 0 Å². The molecule has 0 aromatic heterocycles. The van der Waals surface area contributed by atoms with Crippen molar-refractivity contribution in [2.45, 2.75) is 39.2 Å². The standard InChI is InChI=1S/C9H15N/c1-7(2)8-5-4-6-9(8)10-3/h7-9H,4-6H2,1-2H3. The minimum atomic E-state index is 0.347. The van der Waals surface area contributed by atoms with E-state index in [9.17, 15) is 0 Å². The Morgan fingerprint density at radius 1 is 1.40 bits per heavy atom. The largest absolute Gasteiger partial charge is 0.313 e. The maximum Gasteiger partial charge on any atom is 0.226 e. The molecule has 0 aliphatic heterocycles. The highest BCUT2D eigenvalue weighted by molar-refractivity contribution is 4.92. The Hall–Kier alpha value is -0.510. The van der Waals surface area contributed by atoms with Crippen molar-refractivity contribution in [3.63, 3.8) is 0 Å². The second kappa shape index (κ2) is 3.05. The molecule has 0 N–H and O–H groups in total. The first-order chi connectivity index (χ1) is 4.75.